The van der Waals surface area contributed by atoms with Crippen molar-refractivity contribution in [3.63, 3.8) is 0 Å². The monoisotopic (exact) mass is 247 g/mol. The van der Waals surface area contributed by atoms with Gasteiger partial charge in [0.1, 0.15) is 16.6 Å². The minimum absolute atomic E-state index is 0.000741. The van der Waals surface area contributed by atoms with Gasteiger partial charge in [-0.25, -0.2) is 8.78 Å². The molecular formula is C11H12ClF2NO. The molecule has 1 aromatic rings. The second kappa shape index (κ2) is 3.86. The van der Waals surface area contributed by atoms with Crippen LogP contribution in [-0.4, -0.2) is 13.7 Å². The van der Waals surface area contributed by atoms with Crippen molar-refractivity contribution >= 4 is 11.6 Å². The molecule has 1 aromatic carbocycles. The van der Waals surface area contributed by atoms with Gasteiger partial charge in [0.2, 0.25) is 0 Å². The molecule has 2 rings (SSSR count). The molecule has 0 aliphatic heterocycles. The maximum atomic E-state index is 13.9. The average molecular weight is 248 g/mol. The van der Waals surface area contributed by atoms with Crippen LogP contribution in [0.4, 0.5) is 8.78 Å². The number of nitrogens with two attached hydrogens (primary N) is 1. The van der Waals surface area contributed by atoms with Crippen LogP contribution >= 0.6 is 11.6 Å². The molecule has 0 radical (unpaired) electrons. The van der Waals surface area contributed by atoms with Gasteiger partial charge in [0.15, 0.2) is 5.82 Å². The van der Waals surface area contributed by atoms with E-state index in [1.165, 1.54) is 7.11 Å². The zero-order chi connectivity index (χ0) is 11.9. The lowest BCUT2D eigenvalue weighted by Crippen LogP contribution is -2.23. The van der Waals surface area contributed by atoms with E-state index >= 15 is 0 Å². The molecule has 0 amide bonds. The van der Waals surface area contributed by atoms with Crippen molar-refractivity contribution in [2.75, 3.05) is 13.7 Å². The van der Waals surface area contributed by atoms with E-state index in [1.807, 2.05) is 0 Å². The van der Waals surface area contributed by atoms with Gasteiger partial charge < -0.3 is 10.5 Å². The van der Waals surface area contributed by atoms with Crippen molar-refractivity contribution < 1.29 is 13.5 Å². The third-order valence-electron chi connectivity index (χ3n) is 3.12. The van der Waals surface area contributed by atoms with Gasteiger partial charge in [0.25, 0.3) is 0 Å². The molecule has 0 spiro atoms. The molecule has 5 heteroatoms. The summed E-state index contributed by atoms with van der Waals surface area (Å²) < 4.78 is 32.5. The summed E-state index contributed by atoms with van der Waals surface area (Å²) in [6.07, 6.45) is 1.39. The molecule has 2 N–H and O–H groups in total. The Kier molecular flexibility index (Phi) is 2.80. The number of hydrogen-bond acceptors (Lipinski definition) is 2. The Balaban J connectivity index is 2.59. The van der Waals surface area contributed by atoms with Gasteiger partial charge in [-0.05, 0) is 12.8 Å². The summed E-state index contributed by atoms with van der Waals surface area (Å²) in [6.45, 7) is 0.226. The second-order valence-electron chi connectivity index (χ2n) is 4.05. The number of halogens is 3. The van der Waals surface area contributed by atoms with Crippen molar-refractivity contribution in [2.45, 2.75) is 18.3 Å². The first kappa shape index (κ1) is 11.6. The number of benzene rings is 1. The van der Waals surface area contributed by atoms with Crippen LogP contribution in [0.3, 0.4) is 0 Å². The molecular weight excluding hydrogens is 236 g/mol. The lowest BCUT2D eigenvalue weighted by Gasteiger charge is -2.17. The Hall–Kier alpha value is -0.870. The maximum absolute atomic E-state index is 13.9. The molecule has 1 aliphatic rings. The molecule has 16 heavy (non-hydrogen) atoms. The number of rotatable bonds is 3. The number of ether oxygens (including phenoxy) is 1. The molecule has 2 nitrogen and oxygen atoms in total. The maximum Gasteiger partial charge on any atom is 0.152 e. The average Bonchev–Trinajstić information content (AvgIpc) is 3.04. The smallest absolute Gasteiger partial charge is 0.152 e. The topological polar surface area (TPSA) is 35.2 Å². The van der Waals surface area contributed by atoms with Crippen LogP contribution in [0.1, 0.15) is 18.4 Å². The van der Waals surface area contributed by atoms with Crippen LogP contribution in [0.25, 0.3) is 0 Å². The fourth-order valence-corrected chi connectivity index (χ4v) is 2.14. The summed E-state index contributed by atoms with van der Waals surface area (Å²) in [5.41, 5.74) is 4.99. The molecule has 0 saturated heterocycles. The van der Waals surface area contributed by atoms with Gasteiger partial charge in [-0.15, -0.1) is 0 Å². The molecule has 0 heterocycles. The van der Waals surface area contributed by atoms with Gasteiger partial charge >= 0.3 is 0 Å². The van der Waals surface area contributed by atoms with Crippen molar-refractivity contribution in [3.05, 3.63) is 28.3 Å². The quantitative estimate of drug-likeness (QED) is 0.834. The van der Waals surface area contributed by atoms with E-state index in [2.05, 4.69) is 0 Å². The Labute approximate surface area is 97.3 Å². The highest BCUT2D eigenvalue weighted by Crippen LogP contribution is 2.51. The van der Waals surface area contributed by atoms with Crippen molar-refractivity contribution in [2.24, 2.45) is 5.73 Å². The molecule has 0 atom stereocenters. The fourth-order valence-electron chi connectivity index (χ4n) is 1.92. The largest absolute Gasteiger partial charge is 0.495 e. The SMILES string of the molecule is COc1cc(F)c(C2(CN)CC2)c(F)c1Cl. The van der Waals surface area contributed by atoms with E-state index in [9.17, 15) is 8.78 Å². The Morgan fingerprint density at radius 3 is 2.56 bits per heavy atom. The van der Waals surface area contributed by atoms with Crippen LogP contribution in [-0.2, 0) is 5.41 Å². The summed E-state index contributed by atoms with van der Waals surface area (Å²) in [4.78, 5) is 0. The van der Waals surface area contributed by atoms with Crippen LogP contribution in [0, 0.1) is 11.6 Å². The van der Waals surface area contributed by atoms with Crippen LogP contribution in [0.2, 0.25) is 5.02 Å². The first-order valence-electron chi connectivity index (χ1n) is 4.98. The first-order chi connectivity index (χ1) is 7.55. The third kappa shape index (κ3) is 1.57. The standard InChI is InChI=1S/C11H12ClF2NO/c1-16-7-4-6(13)8(10(14)9(7)12)11(5-15)2-3-11/h4H,2-3,5,15H2,1H3. The van der Waals surface area contributed by atoms with Crippen molar-refractivity contribution in [1.29, 1.82) is 0 Å². The van der Waals surface area contributed by atoms with Crippen LogP contribution in [0.15, 0.2) is 6.07 Å². The molecule has 0 aromatic heterocycles. The van der Waals surface area contributed by atoms with Crippen molar-refractivity contribution in [1.82, 2.24) is 0 Å². The van der Waals surface area contributed by atoms with Gasteiger partial charge in [-0.3, -0.25) is 0 Å². The molecule has 1 fully saturated rings. The summed E-state index contributed by atoms with van der Waals surface area (Å²) in [5.74, 6) is -1.38. The summed E-state index contributed by atoms with van der Waals surface area (Å²) in [6, 6.07) is 1.11. The highest BCUT2D eigenvalue weighted by molar-refractivity contribution is 6.32. The summed E-state index contributed by atoms with van der Waals surface area (Å²) >= 11 is 5.75. The van der Waals surface area contributed by atoms with E-state index in [0.717, 1.165) is 6.07 Å². The molecule has 0 unspecified atom stereocenters. The molecule has 1 saturated carbocycles. The van der Waals surface area contributed by atoms with E-state index in [1.54, 1.807) is 0 Å². The lowest BCUT2D eigenvalue weighted by molar-refractivity contribution is 0.403. The highest BCUT2D eigenvalue weighted by Gasteiger charge is 2.47. The zero-order valence-electron chi connectivity index (χ0n) is 8.82. The van der Waals surface area contributed by atoms with E-state index < -0.39 is 17.0 Å². The van der Waals surface area contributed by atoms with Crippen LogP contribution in [0.5, 0.6) is 5.75 Å². The normalized spacial score (nSPS) is 17.3. The Bertz CT molecular complexity index is 432. The zero-order valence-corrected chi connectivity index (χ0v) is 9.57. The van der Waals surface area contributed by atoms with E-state index in [4.69, 9.17) is 22.1 Å². The Morgan fingerprint density at radius 2 is 2.12 bits per heavy atom. The highest BCUT2D eigenvalue weighted by atomic mass is 35.5. The van der Waals surface area contributed by atoms with Gasteiger partial charge in [0.05, 0.1) is 7.11 Å². The van der Waals surface area contributed by atoms with Gasteiger partial charge in [0, 0.05) is 23.6 Å². The lowest BCUT2D eigenvalue weighted by atomic mass is 9.94. The van der Waals surface area contributed by atoms with E-state index in [0.29, 0.717) is 12.8 Å². The molecule has 0 bridgehead atoms. The molecule has 88 valence electrons. The van der Waals surface area contributed by atoms with Gasteiger partial charge in [-0.2, -0.15) is 0 Å². The molecule has 1 aliphatic carbocycles. The van der Waals surface area contributed by atoms with Crippen molar-refractivity contribution in [3.8, 4) is 5.75 Å². The van der Waals surface area contributed by atoms with E-state index in [-0.39, 0.29) is 22.9 Å². The van der Waals surface area contributed by atoms with Crippen LogP contribution < -0.4 is 10.5 Å². The number of hydrogen-bond donors (Lipinski definition) is 1. The predicted octanol–water partition coefficient (Wildman–Crippen LogP) is 2.62. The third-order valence-corrected chi connectivity index (χ3v) is 3.47. The fraction of sp³-hybridized carbons (Fsp3) is 0.455. The minimum atomic E-state index is -0.749. The second-order valence-corrected chi connectivity index (χ2v) is 4.43. The summed E-state index contributed by atoms with van der Waals surface area (Å²) in [7, 11) is 1.32. The minimum Gasteiger partial charge on any atom is -0.495 e. The Morgan fingerprint density at radius 1 is 1.50 bits per heavy atom. The first-order valence-corrected chi connectivity index (χ1v) is 5.35. The van der Waals surface area contributed by atoms with Gasteiger partial charge in [-0.1, -0.05) is 11.6 Å². The predicted molar refractivity (Wildman–Crippen MR) is 57.9 cm³/mol. The number of methoxy groups -OCH3 is 1. The summed E-state index contributed by atoms with van der Waals surface area (Å²) in [5, 5.41) is -0.182.